The number of nitrogens with one attached hydrogen (secondary N) is 1. The second kappa shape index (κ2) is 7.62. The number of benzene rings is 1. The molecule has 0 saturated carbocycles. The molecule has 5 heteroatoms. The van der Waals surface area contributed by atoms with Gasteiger partial charge in [0.05, 0.1) is 0 Å². The van der Waals surface area contributed by atoms with Crippen LogP contribution in [0.15, 0.2) is 24.3 Å². The van der Waals surface area contributed by atoms with Gasteiger partial charge in [-0.15, -0.1) is 0 Å². The second-order valence-electron chi connectivity index (χ2n) is 4.85. The standard InChI is InChI=1S/C15H21F4N/c1-3-5-11-6-8-12(9-7-11)13(20-10-4-2)15(18,19)14(16)17/h6-9,13-14,20H,3-5,10H2,1-2H3. The molecule has 0 aliphatic rings. The number of aryl methyl sites for hydroxylation is 1. The Hall–Kier alpha value is -1.10. The van der Waals surface area contributed by atoms with Crippen molar-refractivity contribution >= 4 is 0 Å². The molecule has 1 aromatic carbocycles. The van der Waals surface area contributed by atoms with Crippen molar-refractivity contribution in [1.82, 2.24) is 5.32 Å². The van der Waals surface area contributed by atoms with E-state index in [4.69, 9.17) is 0 Å². The fourth-order valence-electron chi connectivity index (χ4n) is 2.06. The van der Waals surface area contributed by atoms with Crippen LogP contribution in [0.2, 0.25) is 0 Å². The third kappa shape index (κ3) is 4.20. The average molecular weight is 291 g/mol. The zero-order valence-corrected chi connectivity index (χ0v) is 11.8. The molecule has 0 spiro atoms. The van der Waals surface area contributed by atoms with Crippen LogP contribution in [0.25, 0.3) is 0 Å². The lowest BCUT2D eigenvalue weighted by molar-refractivity contribution is -0.151. The quantitative estimate of drug-likeness (QED) is 0.691. The van der Waals surface area contributed by atoms with Crippen molar-refractivity contribution in [3.63, 3.8) is 0 Å². The van der Waals surface area contributed by atoms with Crippen molar-refractivity contribution in [2.24, 2.45) is 0 Å². The van der Waals surface area contributed by atoms with Crippen molar-refractivity contribution in [1.29, 1.82) is 0 Å². The smallest absolute Gasteiger partial charge is 0.305 e. The van der Waals surface area contributed by atoms with Crippen LogP contribution in [0.3, 0.4) is 0 Å². The molecule has 0 aliphatic heterocycles. The van der Waals surface area contributed by atoms with Crippen LogP contribution in [0.1, 0.15) is 43.9 Å². The van der Waals surface area contributed by atoms with E-state index in [9.17, 15) is 17.6 Å². The molecule has 0 aliphatic carbocycles. The Bertz CT molecular complexity index is 389. The molecular weight excluding hydrogens is 270 g/mol. The molecular formula is C15H21F4N. The predicted octanol–water partition coefficient (Wildman–Crippen LogP) is 4.58. The molecule has 20 heavy (non-hydrogen) atoms. The highest BCUT2D eigenvalue weighted by Crippen LogP contribution is 2.36. The zero-order chi connectivity index (χ0) is 15.2. The van der Waals surface area contributed by atoms with Gasteiger partial charge in [0.2, 0.25) is 0 Å². The minimum Gasteiger partial charge on any atom is -0.305 e. The summed E-state index contributed by atoms with van der Waals surface area (Å²) in [6.07, 6.45) is -1.29. The van der Waals surface area contributed by atoms with Gasteiger partial charge in [0.15, 0.2) is 0 Å². The van der Waals surface area contributed by atoms with E-state index in [1.807, 2.05) is 6.92 Å². The third-order valence-corrected chi connectivity index (χ3v) is 3.13. The van der Waals surface area contributed by atoms with Crippen LogP contribution in [0.4, 0.5) is 17.6 Å². The molecule has 1 nitrogen and oxygen atoms in total. The van der Waals surface area contributed by atoms with E-state index in [0.29, 0.717) is 6.42 Å². The molecule has 0 bridgehead atoms. The Balaban J connectivity index is 2.98. The molecule has 1 rings (SSSR count). The highest BCUT2D eigenvalue weighted by molar-refractivity contribution is 5.27. The van der Waals surface area contributed by atoms with Gasteiger partial charge in [-0.2, -0.15) is 8.78 Å². The normalized spacial score (nSPS) is 13.8. The largest absolute Gasteiger partial charge is 0.326 e. The summed E-state index contributed by atoms with van der Waals surface area (Å²) >= 11 is 0. The molecule has 0 aromatic heterocycles. The maximum absolute atomic E-state index is 13.7. The van der Waals surface area contributed by atoms with Crippen molar-refractivity contribution in [3.05, 3.63) is 35.4 Å². The van der Waals surface area contributed by atoms with Crippen molar-refractivity contribution in [2.45, 2.75) is 51.5 Å². The summed E-state index contributed by atoms with van der Waals surface area (Å²) in [6.45, 7) is 4.09. The molecule has 0 amide bonds. The van der Waals surface area contributed by atoms with Gasteiger partial charge in [-0.1, -0.05) is 44.5 Å². The molecule has 0 radical (unpaired) electrons. The number of rotatable bonds is 8. The van der Waals surface area contributed by atoms with Gasteiger partial charge in [-0.25, -0.2) is 8.78 Å². The second-order valence-corrected chi connectivity index (χ2v) is 4.85. The van der Waals surface area contributed by atoms with Crippen LogP contribution in [0.5, 0.6) is 0 Å². The summed E-state index contributed by atoms with van der Waals surface area (Å²) in [4.78, 5) is 0. The van der Waals surface area contributed by atoms with Crippen molar-refractivity contribution in [3.8, 4) is 0 Å². The first-order valence-electron chi connectivity index (χ1n) is 6.91. The van der Waals surface area contributed by atoms with Crippen molar-refractivity contribution in [2.75, 3.05) is 6.54 Å². The maximum Gasteiger partial charge on any atom is 0.326 e. The van der Waals surface area contributed by atoms with Crippen molar-refractivity contribution < 1.29 is 17.6 Å². The summed E-state index contributed by atoms with van der Waals surface area (Å²) < 4.78 is 52.5. The van der Waals surface area contributed by atoms with Crippen LogP contribution in [-0.4, -0.2) is 18.9 Å². The highest BCUT2D eigenvalue weighted by Gasteiger charge is 2.49. The monoisotopic (exact) mass is 291 g/mol. The zero-order valence-electron chi connectivity index (χ0n) is 11.8. The minimum atomic E-state index is -4.08. The number of halogens is 4. The topological polar surface area (TPSA) is 12.0 Å². The molecule has 114 valence electrons. The van der Waals surface area contributed by atoms with Gasteiger partial charge in [-0.3, -0.25) is 0 Å². The number of hydrogen-bond acceptors (Lipinski definition) is 1. The lowest BCUT2D eigenvalue weighted by atomic mass is 9.98. The molecule has 0 fully saturated rings. The van der Waals surface area contributed by atoms with E-state index in [-0.39, 0.29) is 12.1 Å². The Morgan fingerprint density at radius 1 is 1.05 bits per heavy atom. The first-order chi connectivity index (χ1) is 9.43. The average Bonchev–Trinajstić information content (AvgIpc) is 2.41. The molecule has 0 saturated heterocycles. The number of alkyl halides is 4. The summed E-state index contributed by atoms with van der Waals surface area (Å²) in [5.74, 6) is -4.08. The molecule has 0 heterocycles. The van der Waals surface area contributed by atoms with Crippen LogP contribution in [0, 0.1) is 0 Å². The van der Waals surface area contributed by atoms with Gasteiger partial charge in [-0.05, 0) is 30.5 Å². The molecule has 1 atom stereocenters. The van der Waals surface area contributed by atoms with E-state index in [2.05, 4.69) is 5.32 Å². The minimum absolute atomic E-state index is 0.198. The summed E-state index contributed by atoms with van der Waals surface area (Å²) in [6, 6.07) is 4.81. The highest BCUT2D eigenvalue weighted by atomic mass is 19.3. The predicted molar refractivity (Wildman–Crippen MR) is 72.4 cm³/mol. The van der Waals surface area contributed by atoms with Gasteiger partial charge in [0.1, 0.15) is 6.04 Å². The van der Waals surface area contributed by atoms with E-state index >= 15 is 0 Å². The van der Waals surface area contributed by atoms with E-state index in [1.165, 1.54) is 12.1 Å². The first-order valence-corrected chi connectivity index (χ1v) is 6.91. The molecule has 1 unspecified atom stereocenters. The van der Waals surface area contributed by atoms with Gasteiger partial charge >= 0.3 is 12.3 Å². The summed E-state index contributed by atoms with van der Waals surface area (Å²) in [7, 11) is 0. The Kier molecular flexibility index (Phi) is 6.46. The van der Waals surface area contributed by atoms with Gasteiger partial charge in [0, 0.05) is 0 Å². The van der Waals surface area contributed by atoms with E-state index in [0.717, 1.165) is 18.4 Å². The van der Waals surface area contributed by atoms with Crippen LogP contribution in [-0.2, 0) is 6.42 Å². The third-order valence-electron chi connectivity index (χ3n) is 3.13. The number of hydrogen-bond donors (Lipinski definition) is 1. The van der Waals surface area contributed by atoms with Crippen LogP contribution < -0.4 is 5.32 Å². The van der Waals surface area contributed by atoms with Gasteiger partial charge in [0.25, 0.3) is 0 Å². The molecule has 1 N–H and O–H groups in total. The van der Waals surface area contributed by atoms with E-state index < -0.39 is 18.4 Å². The lowest BCUT2D eigenvalue weighted by Gasteiger charge is -2.27. The SMILES string of the molecule is CCCNC(c1ccc(CCC)cc1)C(F)(F)C(F)F. The van der Waals surface area contributed by atoms with E-state index in [1.54, 1.807) is 19.1 Å². The Morgan fingerprint density at radius 2 is 1.65 bits per heavy atom. The fourth-order valence-corrected chi connectivity index (χ4v) is 2.06. The summed E-state index contributed by atoms with van der Waals surface area (Å²) in [5, 5.41) is 2.53. The first kappa shape index (κ1) is 17.0. The fraction of sp³-hybridized carbons (Fsp3) is 0.600. The Labute approximate surface area is 117 Å². The summed E-state index contributed by atoms with van der Waals surface area (Å²) in [5.41, 5.74) is 1.22. The Morgan fingerprint density at radius 3 is 2.10 bits per heavy atom. The van der Waals surface area contributed by atoms with Gasteiger partial charge < -0.3 is 5.32 Å². The maximum atomic E-state index is 13.7. The lowest BCUT2D eigenvalue weighted by Crippen LogP contribution is -2.42. The molecule has 1 aromatic rings. The van der Waals surface area contributed by atoms with Crippen LogP contribution >= 0.6 is 0 Å².